The van der Waals surface area contributed by atoms with E-state index < -0.39 is 30.0 Å². The highest BCUT2D eigenvalue weighted by Crippen LogP contribution is 2.52. The number of hydrogen-bond acceptors (Lipinski definition) is 8. The minimum absolute atomic E-state index is 0.121. The van der Waals surface area contributed by atoms with Gasteiger partial charge in [-0.15, -0.1) is 11.8 Å². The molecule has 0 aromatic carbocycles. The second-order valence-corrected chi connectivity index (χ2v) is 8.70. The summed E-state index contributed by atoms with van der Waals surface area (Å²) in [6.45, 7) is 5.18. The number of aromatic nitrogens is 1. The first-order chi connectivity index (χ1) is 11.0. The van der Waals surface area contributed by atoms with Crippen LogP contribution < -0.4 is 9.84 Å². The lowest BCUT2D eigenvalue weighted by atomic mass is 10.0. The van der Waals surface area contributed by atoms with Crippen molar-refractivity contribution in [1.82, 2.24) is 10.3 Å². The molecule has 0 aliphatic carbocycles. The first-order valence-corrected chi connectivity index (χ1v) is 9.32. The molecule has 0 saturated carbocycles. The number of thioether (sulfide) groups is 1. The van der Waals surface area contributed by atoms with Crippen molar-refractivity contribution in [3.05, 3.63) is 17.5 Å². The Labute approximate surface area is 143 Å². The van der Waals surface area contributed by atoms with Crippen molar-refractivity contribution in [2.75, 3.05) is 7.11 Å². The van der Waals surface area contributed by atoms with Gasteiger partial charge >= 0.3 is 13.8 Å². The Hall–Kier alpha value is -1.32. The van der Waals surface area contributed by atoms with Crippen LogP contribution in [0.25, 0.3) is 0 Å². The molecule has 2 unspecified atom stereocenters. The number of nitrogens with zero attached hydrogens (tertiary/aromatic N) is 1. The number of hydrogen-bond donors (Lipinski definition) is 4. The monoisotopic (exact) mass is 378 g/mol. The van der Waals surface area contributed by atoms with Crippen LogP contribution in [0.2, 0.25) is 0 Å². The van der Waals surface area contributed by atoms with Gasteiger partial charge in [0.1, 0.15) is 11.8 Å². The summed E-state index contributed by atoms with van der Waals surface area (Å²) < 4.78 is 20.0. The molecule has 134 valence electrons. The van der Waals surface area contributed by atoms with E-state index in [1.165, 1.54) is 18.9 Å². The summed E-state index contributed by atoms with van der Waals surface area (Å²) in [5, 5.41) is 12.7. The maximum atomic E-state index is 11.9. The van der Waals surface area contributed by atoms with Crippen LogP contribution in [-0.2, 0) is 14.1 Å². The molecule has 11 heteroatoms. The Bertz CT molecular complexity index is 706. The van der Waals surface area contributed by atoms with E-state index in [0.717, 1.165) is 6.20 Å². The number of aromatic hydroxyl groups is 1. The van der Waals surface area contributed by atoms with Gasteiger partial charge < -0.3 is 14.4 Å². The lowest BCUT2D eigenvalue weighted by Gasteiger charge is -2.22. The van der Waals surface area contributed by atoms with E-state index in [2.05, 4.69) is 14.8 Å². The number of pyridine rings is 1. The number of rotatable bonds is 4. The molecule has 0 bridgehead atoms. The number of esters is 1. The van der Waals surface area contributed by atoms with Crippen LogP contribution in [0.3, 0.4) is 0 Å². The van der Waals surface area contributed by atoms with Crippen LogP contribution >= 0.6 is 19.6 Å². The number of nitrogens with one attached hydrogen (secondary N) is 1. The summed E-state index contributed by atoms with van der Waals surface area (Å²) in [5.74, 6) is -0.984. The van der Waals surface area contributed by atoms with E-state index in [-0.39, 0.29) is 22.8 Å². The van der Waals surface area contributed by atoms with Gasteiger partial charge in [-0.3, -0.25) is 24.9 Å². The van der Waals surface area contributed by atoms with Crippen LogP contribution in [0.5, 0.6) is 11.5 Å². The Balaban J connectivity index is 2.47. The molecule has 1 aromatic rings. The van der Waals surface area contributed by atoms with Crippen molar-refractivity contribution in [1.29, 1.82) is 0 Å². The predicted molar refractivity (Wildman–Crippen MR) is 86.7 cm³/mol. The molecule has 0 amide bonds. The van der Waals surface area contributed by atoms with E-state index >= 15 is 0 Å². The molecule has 1 aliphatic heterocycles. The van der Waals surface area contributed by atoms with Gasteiger partial charge in [0.25, 0.3) is 0 Å². The van der Waals surface area contributed by atoms with Crippen molar-refractivity contribution in [3.63, 3.8) is 0 Å². The molecule has 1 fully saturated rings. The third-order valence-electron chi connectivity index (χ3n) is 3.59. The molecule has 2 atom stereocenters. The van der Waals surface area contributed by atoms with Crippen LogP contribution in [-0.4, -0.2) is 43.7 Å². The molecular formula is C13H19N2O7PS. The quantitative estimate of drug-likeness (QED) is 0.447. The second kappa shape index (κ2) is 6.53. The first kappa shape index (κ1) is 19.0. The molecule has 2 heterocycles. The Morgan fingerprint density at radius 3 is 2.62 bits per heavy atom. The molecule has 0 spiro atoms. The van der Waals surface area contributed by atoms with Crippen LogP contribution in [0.15, 0.2) is 6.20 Å². The van der Waals surface area contributed by atoms with Gasteiger partial charge in [-0.25, -0.2) is 4.57 Å². The highest BCUT2D eigenvalue weighted by molar-refractivity contribution is 8.01. The smallest absolute Gasteiger partial charge is 0.506 e. The molecule has 0 radical (unpaired) electrons. The molecule has 24 heavy (non-hydrogen) atoms. The molecule has 1 aromatic heterocycles. The average Bonchev–Trinajstić information content (AvgIpc) is 2.76. The topological polar surface area (TPSA) is 138 Å². The molecule has 4 N–H and O–H groups in total. The Morgan fingerprint density at radius 2 is 2.08 bits per heavy atom. The Morgan fingerprint density at radius 1 is 1.46 bits per heavy atom. The van der Waals surface area contributed by atoms with Gasteiger partial charge in [-0.05, 0) is 20.8 Å². The predicted octanol–water partition coefficient (Wildman–Crippen LogP) is 1.22. The second-order valence-electron chi connectivity index (χ2n) is 5.78. The maximum absolute atomic E-state index is 11.9. The van der Waals surface area contributed by atoms with Crippen molar-refractivity contribution in [2.24, 2.45) is 0 Å². The van der Waals surface area contributed by atoms with Gasteiger partial charge in [0.15, 0.2) is 5.75 Å². The van der Waals surface area contributed by atoms with E-state index in [1.807, 2.05) is 13.8 Å². The first-order valence-electron chi connectivity index (χ1n) is 6.91. The van der Waals surface area contributed by atoms with Gasteiger partial charge in [-0.1, -0.05) is 0 Å². The highest BCUT2D eigenvalue weighted by atomic mass is 32.2. The van der Waals surface area contributed by atoms with Crippen LogP contribution in [0, 0.1) is 6.92 Å². The number of aryl methyl sites for hydroxylation is 1. The normalized spacial score (nSPS) is 23.1. The van der Waals surface area contributed by atoms with E-state index in [0.29, 0.717) is 0 Å². The lowest BCUT2D eigenvalue weighted by Crippen LogP contribution is -2.44. The highest BCUT2D eigenvalue weighted by Gasteiger charge is 2.48. The minimum atomic E-state index is -4.84. The summed E-state index contributed by atoms with van der Waals surface area (Å²) >= 11 is 1.30. The molecule has 1 aliphatic rings. The molecular weight excluding hydrogens is 359 g/mol. The number of methoxy groups -OCH3 is 1. The zero-order valence-corrected chi connectivity index (χ0v) is 15.2. The third-order valence-corrected chi connectivity index (χ3v) is 5.48. The Kier molecular flexibility index (Phi) is 5.17. The van der Waals surface area contributed by atoms with E-state index in [9.17, 15) is 14.5 Å². The summed E-state index contributed by atoms with van der Waals surface area (Å²) in [6, 6.07) is -0.673. The van der Waals surface area contributed by atoms with Crippen molar-refractivity contribution < 1.29 is 33.5 Å². The minimum Gasteiger partial charge on any atom is -0.506 e. The zero-order valence-electron chi connectivity index (χ0n) is 13.5. The number of ether oxygens (including phenoxy) is 1. The van der Waals surface area contributed by atoms with Gasteiger partial charge in [-0.2, -0.15) is 0 Å². The standard InChI is InChI=1S/C13H19N2O7PS/c1-6-9(16)8(7(5-14-6)22-23(18,19)20)11-15-10(12(17)21-4)13(2,3)24-11/h5,10-11,15-16H,1-4H3,(H2,18,19,20). The van der Waals surface area contributed by atoms with E-state index in [1.54, 1.807) is 6.92 Å². The number of phosphoric ester groups is 1. The molecule has 1 saturated heterocycles. The molecule has 2 rings (SSSR count). The van der Waals surface area contributed by atoms with Crippen molar-refractivity contribution in [2.45, 2.75) is 36.9 Å². The SMILES string of the molecule is COC(=O)C1NC(c2c(OP(=O)(O)O)cnc(C)c2O)SC1(C)C. The zero-order chi connectivity index (χ0) is 18.3. The van der Waals surface area contributed by atoms with Crippen molar-refractivity contribution in [3.8, 4) is 11.5 Å². The summed E-state index contributed by atoms with van der Waals surface area (Å²) in [5.41, 5.74) is 0.389. The number of carbonyl (C=O) groups is 1. The molecule has 9 nitrogen and oxygen atoms in total. The fourth-order valence-corrected chi connectivity index (χ4v) is 4.28. The van der Waals surface area contributed by atoms with Crippen molar-refractivity contribution >= 4 is 25.6 Å². The maximum Gasteiger partial charge on any atom is 0.524 e. The van der Waals surface area contributed by atoms with Gasteiger partial charge in [0.2, 0.25) is 0 Å². The third kappa shape index (κ3) is 3.84. The summed E-state index contributed by atoms with van der Waals surface area (Å²) in [7, 11) is -3.57. The number of carbonyl (C=O) groups excluding carboxylic acids is 1. The van der Waals surface area contributed by atoms with Crippen LogP contribution in [0.4, 0.5) is 0 Å². The lowest BCUT2D eigenvalue weighted by molar-refractivity contribution is -0.143. The van der Waals surface area contributed by atoms with Crippen LogP contribution in [0.1, 0.15) is 30.5 Å². The van der Waals surface area contributed by atoms with Gasteiger partial charge in [0, 0.05) is 4.75 Å². The van der Waals surface area contributed by atoms with Gasteiger partial charge in [0.05, 0.1) is 29.9 Å². The fraction of sp³-hybridized carbons (Fsp3) is 0.538. The van der Waals surface area contributed by atoms with E-state index in [4.69, 9.17) is 14.5 Å². The number of phosphoric acid groups is 1. The average molecular weight is 378 g/mol. The summed E-state index contributed by atoms with van der Waals surface area (Å²) in [6.07, 6.45) is 1.13. The largest absolute Gasteiger partial charge is 0.524 e. The summed E-state index contributed by atoms with van der Waals surface area (Å²) in [4.78, 5) is 33.9. The fourth-order valence-electron chi connectivity index (χ4n) is 2.42.